The summed E-state index contributed by atoms with van der Waals surface area (Å²) in [7, 11) is -9.25. The lowest BCUT2D eigenvalue weighted by Gasteiger charge is -2.22. The highest BCUT2D eigenvalue weighted by molar-refractivity contribution is 7.51. The summed E-state index contributed by atoms with van der Waals surface area (Å²) < 4.78 is 38.1. The molecule has 1 aliphatic heterocycles. The van der Waals surface area contributed by atoms with Gasteiger partial charge in [-0.1, -0.05) is 0 Å². The van der Waals surface area contributed by atoms with Gasteiger partial charge in [0.05, 0.1) is 6.16 Å². The standard InChI is InChI=1S/C12H21N5O11P2/c13-5(4-29(21,22)23)11(19)26-3-6-9(28-30(15,24)25)8(18)10(27-6)17-2-1-7(14)16-12(17)20/h1-2,5-6,8-10,18H,3-4,13H2,(H2,14,16,20)(H3,15,24,25)(H2,21,22,23)/t5-,6+,8+,9+,10+/m0/s1. The molecule has 0 amide bonds. The summed E-state index contributed by atoms with van der Waals surface area (Å²) in [4.78, 5) is 54.3. The van der Waals surface area contributed by atoms with Gasteiger partial charge in [-0.05, 0) is 6.07 Å². The van der Waals surface area contributed by atoms with Crippen molar-refractivity contribution in [1.82, 2.24) is 9.55 Å². The number of hydrogen-bond donors (Lipinski definition) is 7. The van der Waals surface area contributed by atoms with E-state index in [-0.39, 0.29) is 5.82 Å². The van der Waals surface area contributed by atoms with E-state index < -0.39 is 70.4 Å². The molecule has 0 spiro atoms. The molecular weight excluding hydrogens is 452 g/mol. The number of aliphatic hydroxyl groups is 1. The van der Waals surface area contributed by atoms with Crippen molar-refractivity contribution in [3.8, 4) is 0 Å². The largest absolute Gasteiger partial charge is 0.462 e. The van der Waals surface area contributed by atoms with Crippen LogP contribution in [0, 0.1) is 0 Å². The summed E-state index contributed by atoms with van der Waals surface area (Å²) in [6, 6.07) is -0.448. The van der Waals surface area contributed by atoms with Crippen LogP contribution in [-0.4, -0.2) is 72.4 Å². The van der Waals surface area contributed by atoms with Gasteiger partial charge in [0, 0.05) is 6.20 Å². The summed E-state index contributed by atoms with van der Waals surface area (Å²) >= 11 is 0. The zero-order valence-electron chi connectivity index (χ0n) is 15.1. The van der Waals surface area contributed by atoms with E-state index in [9.17, 15) is 28.7 Å². The molecule has 0 aromatic carbocycles. The predicted molar refractivity (Wildman–Crippen MR) is 97.6 cm³/mol. The Morgan fingerprint density at radius 3 is 2.53 bits per heavy atom. The molecule has 6 atom stereocenters. The van der Waals surface area contributed by atoms with Crippen LogP contribution in [0.2, 0.25) is 0 Å². The molecule has 1 aromatic rings. The number of anilines is 1. The first-order chi connectivity index (χ1) is 13.7. The maximum absolute atomic E-state index is 12.0. The lowest BCUT2D eigenvalue weighted by molar-refractivity contribution is -0.151. The van der Waals surface area contributed by atoms with E-state index in [1.54, 1.807) is 0 Å². The minimum Gasteiger partial charge on any atom is -0.462 e. The van der Waals surface area contributed by atoms with Crippen molar-refractivity contribution in [2.24, 2.45) is 11.2 Å². The number of esters is 1. The molecule has 1 unspecified atom stereocenters. The smallest absolute Gasteiger partial charge is 0.400 e. The fraction of sp³-hybridized carbons (Fsp3) is 0.583. The van der Waals surface area contributed by atoms with E-state index in [0.29, 0.717) is 0 Å². The van der Waals surface area contributed by atoms with E-state index >= 15 is 0 Å². The van der Waals surface area contributed by atoms with Crippen LogP contribution in [0.5, 0.6) is 0 Å². The highest BCUT2D eigenvalue weighted by Crippen LogP contribution is 2.41. The molecule has 10 N–H and O–H groups in total. The van der Waals surface area contributed by atoms with E-state index in [0.717, 1.165) is 10.8 Å². The first-order valence-corrected chi connectivity index (χ1v) is 11.6. The van der Waals surface area contributed by atoms with Gasteiger partial charge in [-0.15, -0.1) is 0 Å². The maximum atomic E-state index is 12.0. The van der Waals surface area contributed by atoms with E-state index in [1.807, 2.05) is 0 Å². The molecular formula is C12H21N5O11P2. The molecule has 0 bridgehead atoms. The molecule has 16 nitrogen and oxygen atoms in total. The number of hydrogen-bond acceptors (Lipinski definition) is 11. The van der Waals surface area contributed by atoms with Crippen molar-refractivity contribution in [1.29, 1.82) is 0 Å². The molecule has 30 heavy (non-hydrogen) atoms. The van der Waals surface area contributed by atoms with Crippen molar-refractivity contribution in [3.63, 3.8) is 0 Å². The molecule has 1 fully saturated rings. The summed E-state index contributed by atoms with van der Waals surface area (Å²) in [5, 5.41) is 10.4. The Morgan fingerprint density at radius 2 is 2.00 bits per heavy atom. The van der Waals surface area contributed by atoms with Crippen molar-refractivity contribution < 1.29 is 47.7 Å². The molecule has 1 saturated heterocycles. The fourth-order valence-corrected chi connectivity index (χ4v) is 3.88. The van der Waals surface area contributed by atoms with Crippen molar-refractivity contribution >= 4 is 27.1 Å². The Hall–Kier alpha value is -1.71. The number of ether oxygens (including phenoxy) is 2. The Labute approximate surface area is 168 Å². The fourth-order valence-electron chi connectivity index (χ4n) is 2.61. The molecule has 1 aliphatic rings. The van der Waals surface area contributed by atoms with Crippen LogP contribution < -0.4 is 22.7 Å². The second-order valence-electron chi connectivity index (χ2n) is 6.32. The number of nitrogens with zero attached hydrogens (tertiary/aromatic N) is 2. The second kappa shape index (κ2) is 9.20. The third-order valence-electron chi connectivity index (χ3n) is 3.83. The van der Waals surface area contributed by atoms with Crippen molar-refractivity contribution in [2.75, 3.05) is 18.5 Å². The van der Waals surface area contributed by atoms with Gasteiger partial charge >= 0.3 is 27.0 Å². The molecule has 0 aliphatic carbocycles. The average molecular weight is 473 g/mol. The molecule has 2 rings (SSSR count). The topological polar surface area (TPSA) is 273 Å². The van der Waals surface area contributed by atoms with Gasteiger partial charge in [-0.3, -0.25) is 18.5 Å². The van der Waals surface area contributed by atoms with E-state index in [2.05, 4.69) is 4.98 Å². The van der Waals surface area contributed by atoms with Crippen LogP contribution in [0.3, 0.4) is 0 Å². The van der Waals surface area contributed by atoms with Gasteiger partial charge in [0.25, 0.3) is 0 Å². The summed E-state index contributed by atoms with van der Waals surface area (Å²) in [5.41, 5.74) is 14.8. The Balaban J connectivity index is 2.19. The van der Waals surface area contributed by atoms with Crippen LogP contribution in [0.25, 0.3) is 0 Å². The number of rotatable bonds is 8. The lowest BCUT2D eigenvalue weighted by Crippen LogP contribution is -2.40. The zero-order chi connectivity index (χ0) is 22.9. The summed E-state index contributed by atoms with van der Waals surface area (Å²) in [6.45, 7) is -0.719. The average Bonchev–Trinajstić information content (AvgIpc) is 2.86. The monoisotopic (exact) mass is 473 g/mol. The van der Waals surface area contributed by atoms with Crippen LogP contribution in [0.1, 0.15) is 6.23 Å². The molecule has 170 valence electrons. The highest BCUT2D eigenvalue weighted by atomic mass is 31.2. The van der Waals surface area contributed by atoms with Crippen molar-refractivity contribution in [3.05, 3.63) is 22.7 Å². The van der Waals surface area contributed by atoms with E-state index in [4.69, 9.17) is 40.8 Å². The third-order valence-corrected chi connectivity index (χ3v) is 5.25. The quantitative estimate of drug-likeness (QED) is 0.143. The molecule has 0 radical (unpaired) electrons. The minimum absolute atomic E-state index is 0.108. The van der Waals surface area contributed by atoms with Crippen LogP contribution in [0.15, 0.2) is 17.1 Å². The van der Waals surface area contributed by atoms with Gasteiger partial charge < -0.3 is 40.7 Å². The number of nitrogens with two attached hydrogens (primary N) is 3. The third kappa shape index (κ3) is 6.65. The van der Waals surface area contributed by atoms with Crippen LogP contribution >= 0.6 is 15.3 Å². The normalized spacial score (nSPS) is 27.4. The van der Waals surface area contributed by atoms with Gasteiger partial charge in [-0.25, -0.2) is 14.9 Å². The number of carbonyl (C=O) groups excluding carboxylic acids is 1. The second-order valence-corrected chi connectivity index (χ2v) is 9.35. The van der Waals surface area contributed by atoms with Gasteiger partial charge in [0.15, 0.2) is 6.23 Å². The summed E-state index contributed by atoms with van der Waals surface area (Å²) in [5.74, 6) is -1.33. The van der Waals surface area contributed by atoms with E-state index in [1.165, 1.54) is 6.07 Å². The Bertz CT molecular complexity index is 929. The van der Waals surface area contributed by atoms with Crippen LogP contribution in [-0.2, 0) is 27.9 Å². The number of carbonyl (C=O) groups is 1. The lowest BCUT2D eigenvalue weighted by atomic mass is 10.1. The molecule has 0 saturated carbocycles. The number of aromatic nitrogens is 2. The highest BCUT2D eigenvalue weighted by Gasteiger charge is 2.49. The predicted octanol–water partition coefficient (Wildman–Crippen LogP) is -3.42. The first-order valence-electron chi connectivity index (χ1n) is 8.12. The molecule has 18 heteroatoms. The first kappa shape index (κ1) is 24.6. The number of aliphatic hydroxyl groups excluding tert-OH is 1. The molecule has 2 heterocycles. The zero-order valence-corrected chi connectivity index (χ0v) is 16.9. The summed E-state index contributed by atoms with van der Waals surface area (Å²) in [6.07, 6.45) is -6.10. The Morgan fingerprint density at radius 1 is 1.37 bits per heavy atom. The molecule has 1 aromatic heterocycles. The van der Waals surface area contributed by atoms with Gasteiger partial charge in [-0.2, -0.15) is 4.98 Å². The minimum atomic E-state index is -4.65. The number of nitrogen functional groups attached to an aromatic ring is 1. The van der Waals surface area contributed by atoms with Crippen LogP contribution in [0.4, 0.5) is 5.82 Å². The maximum Gasteiger partial charge on any atom is 0.400 e. The SMILES string of the molecule is Nc1ccn([C@@H]2O[C@H](COC(=O)[C@@H](N)CP(=O)(O)O)[C@@H](OP(N)(=O)O)[C@H]2O)c(=O)n1. The van der Waals surface area contributed by atoms with Gasteiger partial charge in [0.1, 0.15) is 36.8 Å². The van der Waals surface area contributed by atoms with Crippen molar-refractivity contribution in [2.45, 2.75) is 30.6 Å². The Kier molecular flexibility index (Phi) is 7.53. The van der Waals surface area contributed by atoms with Gasteiger partial charge in [0.2, 0.25) is 0 Å².